The first kappa shape index (κ1) is 26.1. The van der Waals surface area contributed by atoms with E-state index in [2.05, 4.69) is 15.3 Å². The van der Waals surface area contributed by atoms with Crippen LogP contribution >= 0.6 is 0 Å². The molecule has 0 bridgehead atoms. The van der Waals surface area contributed by atoms with Crippen molar-refractivity contribution in [3.05, 3.63) is 71.4 Å². The van der Waals surface area contributed by atoms with E-state index in [0.29, 0.717) is 50.2 Å². The van der Waals surface area contributed by atoms with Gasteiger partial charge in [-0.05, 0) is 37.5 Å². The Morgan fingerprint density at radius 3 is 2.74 bits per heavy atom. The van der Waals surface area contributed by atoms with Crippen molar-refractivity contribution in [2.75, 3.05) is 38.0 Å². The van der Waals surface area contributed by atoms with Gasteiger partial charge in [0.1, 0.15) is 5.82 Å². The van der Waals surface area contributed by atoms with Crippen molar-refractivity contribution in [2.45, 2.75) is 38.3 Å². The van der Waals surface area contributed by atoms with Gasteiger partial charge in [0.2, 0.25) is 5.91 Å². The Hall–Kier alpha value is -3.50. The predicted molar refractivity (Wildman–Crippen MR) is 139 cm³/mol. The number of nitrogens with one attached hydrogen (secondary N) is 1. The molecule has 4 heterocycles. The summed E-state index contributed by atoms with van der Waals surface area (Å²) in [6.07, 6.45) is 3.41. The fourth-order valence-electron chi connectivity index (χ4n) is 5.11. The maximum atomic E-state index is 14.7. The number of amides is 1. The monoisotopic (exact) mass is 525 g/mol. The highest BCUT2D eigenvalue weighted by Gasteiger charge is 2.26. The lowest BCUT2D eigenvalue weighted by Gasteiger charge is -2.28. The van der Waals surface area contributed by atoms with Gasteiger partial charge in [-0.15, -0.1) is 0 Å². The van der Waals surface area contributed by atoms with Crippen molar-refractivity contribution < 1.29 is 23.1 Å². The summed E-state index contributed by atoms with van der Waals surface area (Å²) >= 11 is 0. The normalized spacial score (nSPS) is 19.2. The molecule has 0 unspecified atom stereocenters. The SMILES string of the molecule is C[C@@H](Nc1ccnc2cnc(C3=CCN(C(=O)CN4CC[C@H](O)C4)CC3)cc12)c1cccc(C(F)F)c1F. The number of pyridine rings is 2. The second-order valence-corrected chi connectivity index (χ2v) is 9.86. The second kappa shape index (κ2) is 11.1. The molecule has 2 aliphatic heterocycles. The summed E-state index contributed by atoms with van der Waals surface area (Å²) in [5.74, 6) is -0.857. The fourth-order valence-corrected chi connectivity index (χ4v) is 5.11. The molecule has 2 atom stereocenters. The number of nitrogens with zero attached hydrogens (tertiary/aromatic N) is 4. The Balaban J connectivity index is 1.32. The zero-order chi connectivity index (χ0) is 26.8. The average Bonchev–Trinajstić information content (AvgIpc) is 3.32. The second-order valence-electron chi connectivity index (χ2n) is 9.86. The van der Waals surface area contributed by atoms with Crippen molar-refractivity contribution >= 4 is 28.1 Å². The first-order chi connectivity index (χ1) is 18.3. The molecule has 2 aliphatic rings. The lowest BCUT2D eigenvalue weighted by molar-refractivity contribution is -0.131. The van der Waals surface area contributed by atoms with Crippen molar-refractivity contribution in [1.29, 1.82) is 0 Å². The van der Waals surface area contributed by atoms with E-state index in [1.54, 1.807) is 25.4 Å². The number of hydrogen-bond acceptors (Lipinski definition) is 6. The Labute approximate surface area is 219 Å². The Bertz CT molecular complexity index is 1370. The summed E-state index contributed by atoms with van der Waals surface area (Å²) < 4.78 is 41.1. The van der Waals surface area contributed by atoms with E-state index < -0.39 is 23.8 Å². The van der Waals surface area contributed by atoms with Crippen LogP contribution in [0.4, 0.5) is 18.9 Å². The molecule has 200 valence electrons. The minimum Gasteiger partial charge on any atom is -0.392 e. The van der Waals surface area contributed by atoms with E-state index in [1.807, 2.05) is 21.9 Å². The van der Waals surface area contributed by atoms with Crippen molar-refractivity contribution in [3.63, 3.8) is 0 Å². The summed E-state index contributed by atoms with van der Waals surface area (Å²) in [5.41, 5.74) is 2.66. The molecule has 38 heavy (non-hydrogen) atoms. The third-order valence-corrected chi connectivity index (χ3v) is 7.26. The quantitative estimate of drug-likeness (QED) is 0.471. The number of hydrogen-bond donors (Lipinski definition) is 2. The molecule has 0 spiro atoms. The first-order valence-corrected chi connectivity index (χ1v) is 12.8. The van der Waals surface area contributed by atoms with E-state index in [0.717, 1.165) is 29.3 Å². The van der Waals surface area contributed by atoms with Crippen LogP contribution < -0.4 is 5.32 Å². The molecule has 1 fully saturated rings. The molecule has 10 heteroatoms. The number of rotatable bonds is 7. The summed E-state index contributed by atoms with van der Waals surface area (Å²) in [4.78, 5) is 25.4. The molecule has 1 saturated heterocycles. The number of anilines is 1. The maximum Gasteiger partial charge on any atom is 0.266 e. The van der Waals surface area contributed by atoms with Crippen molar-refractivity contribution in [2.24, 2.45) is 0 Å². The number of alkyl halides is 2. The van der Waals surface area contributed by atoms with E-state index in [4.69, 9.17) is 0 Å². The summed E-state index contributed by atoms with van der Waals surface area (Å²) in [7, 11) is 0. The van der Waals surface area contributed by atoms with E-state index in [9.17, 15) is 23.1 Å². The highest BCUT2D eigenvalue weighted by molar-refractivity contribution is 5.92. The topological polar surface area (TPSA) is 81.6 Å². The van der Waals surface area contributed by atoms with Crippen LogP contribution in [-0.4, -0.2) is 69.6 Å². The molecule has 3 aromatic rings. The molecule has 0 saturated carbocycles. The van der Waals surface area contributed by atoms with Crippen LogP contribution in [0.3, 0.4) is 0 Å². The van der Waals surface area contributed by atoms with Gasteiger partial charge in [-0.25, -0.2) is 13.2 Å². The van der Waals surface area contributed by atoms with Crippen LogP contribution in [0, 0.1) is 5.82 Å². The zero-order valence-electron chi connectivity index (χ0n) is 21.1. The van der Waals surface area contributed by atoms with Gasteiger partial charge in [-0.2, -0.15) is 0 Å². The fraction of sp³-hybridized carbons (Fsp3) is 0.393. The minimum atomic E-state index is -2.89. The molecular weight excluding hydrogens is 495 g/mol. The summed E-state index contributed by atoms with van der Waals surface area (Å²) in [6, 6.07) is 7.14. The highest BCUT2D eigenvalue weighted by atomic mass is 19.3. The Morgan fingerprint density at radius 1 is 1.21 bits per heavy atom. The van der Waals surface area contributed by atoms with Crippen LogP contribution in [0.25, 0.3) is 16.5 Å². The molecule has 0 aliphatic carbocycles. The standard InChI is InChI=1S/C28H30F3N5O2/c1-17(20-3-2-4-21(27(20)29)28(30)31)34-23-5-9-32-25-14-33-24(13-22(23)25)18-6-11-36(12-7-18)26(38)16-35-10-8-19(37)15-35/h2-6,9,13-14,17,19,28,37H,7-8,10-12,15-16H2,1H3,(H,32,34)/t17-,19+/m1/s1. The number of benzene rings is 1. The largest absolute Gasteiger partial charge is 0.392 e. The zero-order valence-corrected chi connectivity index (χ0v) is 21.1. The van der Waals surface area contributed by atoms with Crippen LogP contribution in [0.15, 0.2) is 48.8 Å². The van der Waals surface area contributed by atoms with Crippen molar-refractivity contribution in [1.82, 2.24) is 19.8 Å². The number of β-amino-alcohol motifs (C(OH)–C–C–N with tert-alkyl or cyclic N) is 1. The molecular formula is C28H30F3N5O2. The molecule has 5 rings (SSSR count). The summed E-state index contributed by atoms with van der Waals surface area (Å²) in [6.45, 7) is 4.37. The Kier molecular flexibility index (Phi) is 7.62. The molecule has 2 aromatic heterocycles. The highest BCUT2D eigenvalue weighted by Crippen LogP contribution is 2.32. The number of carbonyl (C=O) groups excluding carboxylic acids is 1. The smallest absolute Gasteiger partial charge is 0.266 e. The molecule has 1 amide bonds. The number of aromatic nitrogens is 2. The summed E-state index contributed by atoms with van der Waals surface area (Å²) in [5, 5.41) is 13.7. The van der Waals surface area contributed by atoms with Crippen LogP contribution in [0.2, 0.25) is 0 Å². The number of halogens is 3. The van der Waals surface area contributed by atoms with E-state index >= 15 is 0 Å². The third kappa shape index (κ3) is 5.51. The van der Waals surface area contributed by atoms with Crippen LogP contribution in [0.5, 0.6) is 0 Å². The molecule has 1 aromatic carbocycles. The maximum absolute atomic E-state index is 14.7. The lowest BCUT2D eigenvalue weighted by Crippen LogP contribution is -2.41. The van der Waals surface area contributed by atoms with Gasteiger partial charge in [-0.1, -0.05) is 24.3 Å². The molecule has 7 nitrogen and oxygen atoms in total. The number of aliphatic hydroxyl groups excluding tert-OH is 1. The number of aliphatic hydroxyl groups is 1. The minimum absolute atomic E-state index is 0.0497. The number of carbonyl (C=O) groups is 1. The first-order valence-electron chi connectivity index (χ1n) is 12.8. The van der Waals surface area contributed by atoms with Gasteiger partial charge in [-0.3, -0.25) is 19.7 Å². The van der Waals surface area contributed by atoms with Crippen LogP contribution in [-0.2, 0) is 4.79 Å². The van der Waals surface area contributed by atoms with Crippen LogP contribution in [0.1, 0.15) is 49.1 Å². The lowest BCUT2D eigenvalue weighted by atomic mass is 10.0. The molecule has 2 N–H and O–H groups in total. The average molecular weight is 526 g/mol. The van der Waals surface area contributed by atoms with E-state index in [1.165, 1.54) is 12.1 Å². The van der Waals surface area contributed by atoms with Gasteiger partial charge in [0.25, 0.3) is 6.43 Å². The van der Waals surface area contributed by atoms with Gasteiger partial charge in [0.15, 0.2) is 0 Å². The number of fused-ring (bicyclic) bond motifs is 1. The third-order valence-electron chi connectivity index (χ3n) is 7.26. The van der Waals surface area contributed by atoms with Gasteiger partial charge < -0.3 is 15.3 Å². The van der Waals surface area contributed by atoms with Gasteiger partial charge in [0, 0.05) is 49.0 Å². The van der Waals surface area contributed by atoms with Crippen molar-refractivity contribution in [3.8, 4) is 0 Å². The van der Waals surface area contributed by atoms with Gasteiger partial charge in [0.05, 0.1) is 41.7 Å². The Morgan fingerprint density at radius 2 is 2.03 bits per heavy atom. The predicted octanol–water partition coefficient (Wildman–Crippen LogP) is 4.56. The number of likely N-dealkylation sites (tertiary alicyclic amines) is 1. The molecule has 0 radical (unpaired) electrons. The van der Waals surface area contributed by atoms with Gasteiger partial charge >= 0.3 is 0 Å². The van der Waals surface area contributed by atoms with E-state index in [-0.39, 0.29) is 17.6 Å².